The normalized spacial score (nSPS) is 13.8. The number of methoxy groups -OCH3 is 1. The molecule has 2 aromatic rings. The van der Waals surface area contributed by atoms with Crippen LogP contribution in [0.25, 0.3) is 11.3 Å². The lowest BCUT2D eigenvalue weighted by Crippen LogP contribution is -2.37. The van der Waals surface area contributed by atoms with E-state index < -0.39 is 5.97 Å². The van der Waals surface area contributed by atoms with Crippen molar-refractivity contribution >= 4 is 18.3 Å². The molecule has 1 aliphatic heterocycles. The number of aromatic nitrogens is 1. The fourth-order valence-corrected chi connectivity index (χ4v) is 2.88. The second-order valence-electron chi connectivity index (χ2n) is 6.11. The molecule has 3 rings (SSSR count). The SMILES string of the molecule is COc1ccc(-c2onc(NCCCN3CCOCC3)c2C(=O)O)cc1.O=CO. The number of carbonyl (C=O) groups is 2. The molecule has 10 nitrogen and oxygen atoms in total. The molecule has 1 saturated heterocycles. The lowest BCUT2D eigenvalue weighted by molar-refractivity contribution is -0.122. The molecule has 1 aromatic carbocycles. The number of carboxylic acids is 1. The average Bonchev–Trinajstić information content (AvgIpc) is 3.17. The Morgan fingerprint density at radius 1 is 1.31 bits per heavy atom. The van der Waals surface area contributed by atoms with Crippen LogP contribution >= 0.6 is 0 Å². The Bertz CT molecular complexity index is 771. The lowest BCUT2D eigenvalue weighted by atomic mass is 10.1. The van der Waals surface area contributed by atoms with Gasteiger partial charge in [-0.1, -0.05) is 5.16 Å². The minimum absolute atomic E-state index is 0.0431. The summed E-state index contributed by atoms with van der Waals surface area (Å²) in [4.78, 5) is 22.4. The number of hydrogen-bond acceptors (Lipinski definition) is 8. The molecule has 158 valence electrons. The van der Waals surface area contributed by atoms with Gasteiger partial charge in [0.15, 0.2) is 17.1 Å². The van der Waals surface area contributed by atoms with Gasteiger partial charge in [0.05, 0.1) is 20.3 Å². The van der Waals surface area contributed by atoms with Crippen molar-refractivity contribution in [2.24, 2.45) is 0 Å². The van der Waals surface area contributed by atoms with Crippen LogP contribution in [0, 0.1) is 0 Å². The van der Waals surface area contributed by atoms with Gasteiger partial charge in [0, 0.05) is 25.2 Å². The molecule has 0 bridgehead atoms. The highest BCUT2D eigenvalue weighted by Gasteiger charge is 2.23. The monoisotopic (exact) mass is 407 g/mol. The number of ether oxygens (including phenoxy) is 2. The highest BCUT2D eigenvalue weighted by molar-refractivity contribution is 5.99. The van der Waals surface area contributed by atoms with Crippen LogP contribution in [0.1, 0.15) is 16.8 Å². The molecule has 1 fully saturated rings. The minimum Gasteiger partial charge on any atom is -0.497 e. The molecular formula is C19H25N3O7. The fraction of sp³-hybridized carbons (Fsp3) is 0.421. The molecule has 0 saturated carbocycles. The number of carboxylic acid groups (broad SMARTS) is 2. The van der Waals surface area contributed by atoms with Crippen LogP contribution in [0.4, 0.5) is 5.82 Å². The number of benzene rings is 1. The van der Waals surface area contributed by atoms with E-state index in [1.807, 2.05) is 0 Å². The molecule has 0 atom stereocenters. The van der Waals surface area contributed by atoms with Crippen LogP contribution in [0.2, 0.25) is 0 Å². The van der Waals surface area contributed by atoms with E-state index in [0.717, 1.165) is 39.3 Å². The minimum atomic E-state index is -1.08. The van der Waals surface area contributed by atoms with Gasteiger partial charge in [-0.15, -0.1) is 0 Å². The van der Waals surface area contributed by atoms with Crippen molar-refractivity contribution < 1.29 is 33.8 Å². The van der Waals surface area contributed by atoms with Crippen molar-refractivity contribution in [3.8, 4) is 17.1 Å². The Labute approximate surface area is 168 Å². The van der Waals surface area contributed by atoms with E-state index in [9.17, 15) is 9.90 Å². The van der Waals surface area contributed by atoms with Crippen molar-refractivity contribution in [2.45, 2.75) is 6.42 Å². The molecule has 0 unspecified atom stereocenters. The smallest absolute Gasteiger partial charge is 0.343 e. The van der Waals surface area contributed by atoms with Crippen LogP contribution in [0.3, 0.4) is 0 Å². The lowest BCUT2D eigenvalue weighted by Gasteiger charge is -2.26. The standard InChI is InChI=1S/C18H23N3O5.CH2O2/c1-24-14-5-3-13(4-6-14)16-15(18(22)23)17(20-26-16)19-7-2-8-21-9-11-25-12-10-21;2-1-3/h3-6H,2,7-12H2,1H3,(H,19,20)(H,22,23);1H,(H,2,3). The van der Waals surface area contributed by atoms with Gasteiger partial charge >= 0.3 is 5.97 Å². The number of nitrogens with zero attached hydrogens (tertiary/aromatic N) is 2. The van der Waals surface area contributed by atoms with E-state index in [1.54, 1.807) is 31.4 Å². The van der Waals surface area contributed by atoms with E-state index in [0.29, 0.717) is 17.9 Å². The third-order valence-corrected chi connectivity index (χ3v) is 4.31. The van der Waals surface area contributed by atoms with Gasteiger partial charge in [-0.3, -0.25) is 9.69 Å². The molecular weight excluding hydrogens is 382 g/mol. The van der Waals surface area contributed by atoms with E-state index in [1.165, 1.54) is 0 Å². The fourth-order valence-electron chi connectivity index (χ4n) is 2.88. The van der Waals surface area contributed by atoms with Gasteiger partial charge in [-0.25, -0.2) is 4.79 Å². The van der Waals surface area contributed by atoms with Gasteiger partial charge in [0.25, 0.3) is 6.47 Å². The van der Waals surface area contributed by atoms with Crippen molar-refractivity contribution in [1.82, 2.24) is 10.1 Å². The van der Waals surface area contributed by atoms with E-state index in [2.05, 4.69) is 15.4 Å². The molecule has 10 heteroatoms. The Balaban J connectivity index is 0.000000941. The molecule has 0 radical (unpaired) electrons. The summed E-state index contributed by atoms with van der Waals surface area (Å²) in [6.07, 6.45) is 0.879. The highest BCUT2D eigenvalue weighted by atomic mass is 16.5. The van der Waals surface area contributed by atoms with Gasteiger partial charge in [-0.05, 0) is 37.2 Å². The number of rotatable bonds is 8. The number of hydrogen-bond donors (Lipinski definition) is 3. The molecule has 0 amide bonds. The van der Waals surface area contributed by atoms with Gasteiger partial charge in [-0.2, -0.15) is 0 Å². The summed E-state index contributed by atoms with van der Waals surface area (Å²) in [6, 6.07) is 6.99. The second-order valence-corrected chi connectivity index (χ2v) is 6.11. The summed E-state index contributed by atoms with van der Waals surface area (Å²) in [5.74, 6) is 0.0977. The van der Waals surface area contributed by atoms with Crippen molar-refractivity contribution in [1.29, 1.82) is 0 Å². The topological polar surface area (TPSA) is 134 Å². The Hall–Kier alpha value is -3.11. The van der Waals surface area contributed by atoms with Crippen LogP contribution in [-0.4, -0.2) is 79.2 Å². The van der Waals surface area contributed by atoms with E-state index in [4.69, 9.17) is 23.9 Å². The van der Waals surface area contributed by atoms with E-state index in [-0.39, 0.29) is 23.6 Å². The summed E-state index contributed by atoms with van der Waals surface area (Å²) < 4.78 is 15.7. The van der Waals surface area contributed by atoms with Crippen molar-refractivity contribution in [3.05, 3.63) is 29.8 Å². The van der Waals surface area contributed by atoms with Crippen LogP contribution in [0.15, 0.2) is 28.8 Å². The van der Waals surface area contributed by atoms with Crippen LogP contribution in [-0.2, 0) is 9.53 Å². The third kappa shape index (κ3) is 6.47. The zero-order valence-electron chi connectivity index (χ0n) is 16.2. The summed E-state index contributed by atoms with van der Waals surface area (Å²) in [6.45, 7) is 4.71. The molecule has 3 N–H and O–H groups in total. The number of anilines is 1. The Morgan fingerprint density at radius 2 is 1.97 bits per heavy atom. The first-order valence-electron chi connectivity index (χ1n) is 9.10. The molecule has 29 heavy (non-hydrogen) atoms. The maximum absolute atomic E-state index is 11.7. The number of morpholine rings is 1. The quantitative estimate of drug-likeness (QED) is 0.440. The predicted molar refractivity (Wildman–Crippen MR) is 105 cm³/mol. The van der Waals surface area contributed by atoms with Gasteiger partial charge in [0.2, 0.25) is 0 Å². The number of aromatic carboxylic acids is 1. The molecule has 1 aromatic heterocycles. The zero-order valence-corrected chi connectivity index (χ0v) is 16.2. The second kappa shape index (κ2) is 11.7. The Morgan fingerprint density at radius 3 is 2.55 bits per heavy atom. The third-order valence-electron chi connectivity index (χ3n) is 4.31. The molecule has 0 aliphatic carbocycles. The first-order chi connectivity index (χ1) is 14.1. The van der Waals surface area contributed by atoms with Crippen LogP contribution < -0.4 is 10.1 Å². The largest absolute Gasteiger partial charge is 0.497 e. The average molecular weight is 407 g/mol. The van der Waals surface area contributed by atoms with Gasteiger partial charge < -0.3 is 29.5 Å². The molecule has 1 aliphatic rings. The van der Waals surface area contributed by atoms with E-state index >= 15 is 0 Å². The molecule has 0 spiro atoms. The maximum atomic E-state index is 11.7. The Kier molecular flexibility index (Phi) is 8.93. The van der Waals surface area contributed by atoms with Crippen molar-refractivity contribution in [3.63, 3.8) is 0 Å². The first-order valence-corrected chi connectivity index (χ1v) is 9.10. The highest BCUT2D eigenvalue weighted by Crippen LogP contribution is 2.30. The zero-order chi connectivity index (χ0) is 21.1. The first kappa shape index (κ1) is 22.2. The predicted octanol–water partition coefficient (Wildman–Crippen LogP) is 1.88. The van der Waals surface area contributed by atoms with Crippen molar-refractivity contribution in [2.75, 3.05) is 51.8 Å². The summed E-state index contributed by atoms with van der Waals surface area (Å²) in [5.41, 5.74) is 0.679. The van der Waals surface area contributed by atoms with Crippen LogP contribution in [0.5, 0.6) is 5.75 Å². The molecule has 2 heterocycles. The summed E-state index contributed by atoms with van der Waals surface area (Å²) in [7, 11) is 1.57. The summed E-state index contributed by atoms with van der Waals surface area (Å²) in [5, 5.41) is 23.4. The maximum Gasteiger partial charge on any atom is 0.343 e. The number of nitrogens with one attached hydrogen (secondary N) is 1. The van der Waals surface area contributed by atoms with Gasteiger partial charge in [0.1, 0.15) is 5.75 Å². The summed E-state index contributed by atoms with van der Waals surface area (Å²) >= 11 is 0.